The Morgan fingerprint density at radius 3 is 2.59 bits per heavy atom. The van der Waals surface area contributed by atoms with Gasteiger partial charge in [0.1, 0.15) is 10.8 Å². The molecule has 2 fully saturated rings. The van der Waals surface area contributed by atoms with Crippen LogP contribution in [0.25, 0.3) is 10.1 Å². The molecule has 0 aliphatic carbocycles. The number of thiophene rings is 1. The standard InChI is InChI=1S/C33H32ClF4N5O4S2/c34-24-11-19(25(35)14-26(24)40-31(47)23-17-48-28-4-2-1-3-22(23)28)12-29(44)43-16-20(42-9-7-41(8-10-42)18-33(36,37)38)13-27(43)32-39-15-21(49-32)5-6-30(45)46/h1-4,11,14-15,17,20,27H,5-10,12-13,16,18H2,(H,40,47)(H,45,46)/t20-,27?/m0/s1. The second-order valence-electron chi connectivity index (χ2n) is 12.1. The van der Waals surface area contributed by atoms with Crippen LogP contribution in [0.4, 0.5) is 23.2 Å². The van der Waals surface area contributed by atoms with Crippen LogP contribution in [0.3, 0.4) is 0 Å². The average Bonchev–Trinajstić information content (AvgIpc) is 3.80. The van der Waals surface area contributed by atoms with Gasteiger partial charge in [-0.25, -0.2) is 9.37 Å². The van der Waals surface area contributed by atoms with Crippen molar-refractivity contribution in [2.45, 2.75) is 43.9 Å². The summed E-state index contributed by atoms with van der Waals surface area (Å²) in [6, 6.07) is 9.20. The molecule has 9 nitrogen and oxygen atoms in total. The molecule has 4 heterocycles. The number of carboxylic acids is 1. The zero-order valence-electron chi connectivity index (χ0n) is 26.0. The van der Waals surface area contributed by atoms with Gasteiger partial charge in [-0.2, -0.15) is 13.2 Å². The highest BCUT2D eigenvalue weighted by atomic mass is 35.5. The number of carbonyl (C=O) groups is 3. The van der Waals surface area contributed by atoms with Crippen LogP contribution in [-0.2, 0) is 22.4 Å². The van der Waals surface area contributed by atoms with Gasteiger partial charge in [-0.05, 0) is 36.6 Å². The van der Waals surface area contributed by atoms with E-state index >= 15 is 4.39 Å². The van der Waals surface area contributed by atoms with Crippen molar-refractivity contribution in [2.75, 3.05) is 44.6 Å². The third-order valence-electron chi connectivity index (χ3n) is 8.82. The van der Waals surface area contributed by atoms with Crippen molar-refractivity contribution in [3.8, 4) is 0 Å². The number of aromatic nitrogens is 1. The molecule has 0 saturated carbocycles. The van der Waals surface area contributed by atoms with Gasteiger partial charge >= 0.3 is 12.1 Å². The zero-order valence-corrected chi connectivity index (χ0v) is 28.4. The zero-order chi connectivity index (χ0) is 34.9. The van der Waals surface area contributed by atoms with Crippen LogP contribution in [0.2, 0.25) is 5.02 Å². The van der Waals surface area contributed by atoms with Crippen LogP contribution in [0.5, 0.6) is 0 Å². The summed E-state index contributed by atoms with van der Waals surface area (Å²) in [4.78, 5) is 48.3. The number of hydrogen-bond acceptors (Lipinski definition) is 8. The SMILES string of the molecule is O=C(O)CCc1cnc(C2C[C@H](N3CCN(CC(F)(F)F)CC3)CN2C(=O)Cc2cc(Cl)c(NC(=O)c3csc4ccccc34)cc2F)s1. The maximum atomic E-state index is 15.5. The molecule has 2 aromatic heterocycles. The van der Waals surface area contributed by atoms with E-state index in [9.17, 15) is 27.6 Å². The van der Waals surface area contributed by atoms with E-state index in [1.165, 1.54) is 33.6 Å². The van der Waals surface area contributed by atoms with Crippen LogP contribution >= 0.6 is 34.3 Å². The molecule has 260 valence electrons. The number of likely N-dealkylation sites (tertiary alicyclic amines) is 1. The third-order valence-corrected chi connectivity index (χ3v) is 11.3. The smallest absolute Gasteiger partial charge is 0.401 e. The monoisotopic (exact) mass is 737 g/mol. The Morgan fingerprint density at radius 1 is 1.10 bits per heavy atom. The number of benzene rings is 2. The lowest BCUT2D eigenvalue weighted by atomic mass is 10.1. The van der Waals surface area contributed by atoms with E-state index in [0.717, 1.165) is 21.0 Å². The number of hydrogen-bond donors (Lipinski definition) is 2. The Kier molecular flexibility index (Phi) is 10.6. The maximum absolute atomic E-state index is 15.5. The van der Waals surface area contributed by atoms with Gasteiger partial charge in [-0.3, -0.25) is 24.2 Å². The molecule has 2 amide bonds. The Hall–Kier alpha value is -3.63. The average molecular weight is 738 g/mol. The summed E-state index contributed by atoms with van der Waals surface area (Å²) in [7, 11) is 0. The predicted molar refractivity (Wildman–Crippen MR) is 180 cm³/mol. The number of carbonyl (C=O) groups excluding carboxylic acids is 2. The fraction of sp³-hybridized carbons (Fsp3) is 0.394. The number of nitrogens with one attached hydrogen (secondary N) is 1. The lowest BCUT2D eigenvalue weighted by Crippen LogP contribution is -2.52. The molecule has 4 aromatic rings. The number of fused-ring (bicyclic) bond motifs is 1. The number of thiazole rings is 1. The van der Waals surface area contributed by atoms with E-state index in [0.29, 0.717) is 30.1 Å². The van der Waals surface area contributed by atoms with Crippen molar-refractivity contribution in [2.24, 2.45) is 0 Å². The van der Waals surface area contributed by atoms with E-state index < -0.39 is 36.5 Å². The van der Waals surface area contributed by atoms with E-state index in [4.69, 9.17) is 16.7 Å². The normalized spacial score (nSPS) is 19.1. The van der Waals surface area contributed by atoms with Crippen molar-refractivity contribution < 1.29 is 37.1 Å². The molecule has 2 aliphatic heterocycles. The molecule has 6 rings (SSSR count). The first-order valence-corrected chi connectivity index (χ1v) is 17.7. The Balaban J connectivity index is 1.17. The van der Waals surface area contributed by atoms with Crippen LogP contribution in [0, 0.1) is 5.82 Å². The fourth-order valence-corrected chi connectivity index (χ4v) is 8.60. The van der Waals surface area contributed by atoms with Gasteiger partial charge in [-0.1, -0.05) is 29.8 Å². The lowest BCUT2D eigenvalue weighted by Gasteiger charge is -2.38. The molecule has 0 radical (unpaired) electrons. The number of rotatable bonds is 10. The Morgan fingerprint density at radius 2 is 1.86 bits per heavy atom. The number of alkyl halides is 3. The molecule has 2 saturated heterocycles. The van der Waals surface area contributed by atoms with E-state index in [-0.39, 0.29) is 67.1 Å². The highest BCUT2D eigenvalue weighted by molar-refractivity contribution is 7.17. The van der Waals surface area contributed by atoms with Crippen molar-refractivity contribution in [3.63, 3.8) is 0 Å². The summed E-state index contributed by atoms with van der Waals surface area (Å²) in [6.07, 6.45) is -2.32. The summed E-state index contributed by atoms with van der Waals surface area (Å²) in [5.74, 6) is -2.49. The highest BCUT2D eigenvalue weighted by Gasteiger charge is 2.42. The van der Waals surface area contributed by atoms with Crippen molar-refractivity contribution in [1.82, 2.24) is 19.7 Å². The van der Waals surface area contributed by atoms with Crippen LogP contribution in [0.15, 0.2) is 48.0 Å². The number of halogens is 5. The lowest BCUT2D eigenvalue weighted by molar-refractivity contribution is -0.150. The van der Waals surface area contributed by atoms with E-state index in [1.54, 1.807) is 16.5 Å². The summed E-state index contributed by atoms with van der Waals surface area (Å²) in [5, 5.41) is 14.9. The van der Waals surface area contributed by atoms with Crippen LogP contribution in [0.1, 0.15) is 44.7 Å². The number of nitrogens with zero attached hydrogens (tertiary/aromatic N) is 4. The minimum atomic E-state index is -4.28. The van der Waals surface area contributed by atoms with Gasteiger partial charge in [0.2, 0.25) is 5.91 Å². The van der Waals surface area contributed by atoms with Crippen LogP contribution in [-0.4, -0.2) is 94.1 Å². The predicted octanol–water partition coefficient (Wildman–Crippen LogP) is 6.48. The number of piperazine rings is 1. The largest absolute Gasteiger partial charge is 0.481 e. The van der Waals surface area contributed by atoms with E-state index in [2.05, 4.69) is 15.2 Å². The summed E-state index contributed by atoms with van der Waals surface area (Å²) < 4.78 is 55.3. The summed E-state index contributed by atoms with van der Waals surface area (Å²) in [5.41, 5.74) is 0.537. The second kappa shape index (κ2) is 14.7. The van der Waals surface area contributed by atoms with Gasteiger partial charge < -0.3 is 15.3 Å². The summed E-state index contributed by atoms with van der Waals surface area (Å²) >= 11 is 9.21. The molecular formula is C33H32ClF4N5O4S2. The molecule has 2 aliphatic rings. The molecule has 2 N–H and O–H groups in total. The van der Waals surface area contributed by atoms with Gasteiger partial charge in [0.05, 0.1) is 41.7 Å². The first-order chi connectivity index (χ1) is 23.3. The molecule has 0 bridgehead atoms. The Bertz CT molecular complexity index is 1860. The molecule has 16 heteroatoms. The molecule has 2 atom stereocenters. The second-order valence-corrected chi connectivity index (χ2v) is 14.6. The minimum Gasteiger partial charge on any atom is -0.481 e. The molecule has 0 spiro atoms. The van der Waals surface area contributed by atoms with Gasteiger partial charge in [0.25, 0.3) is 5.91 Å². The molecular weight excluding hydrogens is 706 g/mol. The highest BCUT2D eigenvalue weighted by Crippen LogP contribution is 2.38. The number of aliphatic carboxylic acids is 1. The maximum Gasteiger partial charge on any atom is 0.401 e. The number of amides is 2. The summed E-state index contributed by atoms with van der Waals surface area (Å²) in [6.45, 7) is 0.565. The molecule has 2 aromatic carbocycles. The van der Waals surface area contributed by atoms with E-state index in [1.807, 2.05) is 24.3 Å². The van der Waals surface area contributed by atoms with Crippen LogP contribution < -0.4 is 5.32 Å². The minimum absolute atomic E-state index is 0.0400. The third kappa shape index (κ3) is 8.40. The van der Waals surface area contributed by atoms with Crippen molar-refractivity contribution >= 4 is 67.8 Å². The van der Waals surface area contributed by atoms with Crippen molar-refractivity contribution in [3.05, 3.63) is 79.8 Å². The molecule has 49 heavy (non-hydrogen) atoms. The first-order valence-electron chi connectivity index (χ1n) is 15.6. The van der Waals surface area contributed by atoms with Gasteiger partial charge in [0.15, 0.2) is 0 Å². The Labute approximate surface area is 292 Å². The number of anilines is 1. The first kappa shape index (κ1) is 35.2. The molecule has 1 unspecified atom stereocenters. The quantitative estimate of drug-likeness (QED) is 0.180. The van der Waals surface area contributed by atoms with Crippen molar-refractivity contribution in [1.29, 1.82) is 0 Å². The number of aryl methyl sites for hydroxylation is 1. The van der Waals surface area contributed by atoms with Gasteiger partial charge in [0, 0.05) is 65.3 Å². The van der Waals surface area contributed by atoms with Gasteiger partial charge in [-0.15, -0.1) is 22.7 Å². The fourth-order valence-electron chi connectivity index (χ4n) is 6.38. The number of carboxylic acid groups (broad SMARTS) is 1. The topological polar surface area (TPSA) is 106 Å².